The highest BCUT2D eigenvalue weighted by Gasteiger charge is 2.41. The molecule has 4 rings (SSSR count). The van der Waals surface area contributed by atoms with E-state index < -0.39 is 23.8 Å². The maximum absolute atomic E-state index is 11.7. The van der Waals surface area contributed by atoms with Crippen LogP contribution in [-0.2, 0) is 23.7 Å². The molecule has 36 heavy (non-hydrogen) atoms. The van der Waals surface area contributed by atoms with Crippen molar-refractivity contribution in [1.29, 1.82) is 0 Å². The largest absolute Gasteiger partial charge is 0.383 e. The van der Waals surface area contributed by atoms with Crippen molar-refractivity contribution in [3.8, 4) is 0 Å². The lowest BCUT2D eigenvalue weighted by Crippen LogP contribution is -2.28. The predicted molar refractivity (Wildman–Crippen MR) is 127 cm³/mol. The fraction of sp³-hybridized carbons (Fsp3) is 0.545. The van der Waals surface area contributed by atoms with Crippen LogP contribution in [0.4, 0.5) is 11.6 Å². The summed E-state index contributed by atoms with van der Waals surface area (Å²) < 4.78 is 24.0. The van der Waals surface area contributed by atoms with E-state index in [0.717, 1.165) is 6.29 Å². The van der Waals surface area contributed by atoms with Crippen molar-refractivity contribution in [1.82, 2.24) is 19.1 Å². The molecule has 2 aliphatic heterocycles. The van der Waals surface area contributed by atoms with Crippen LogP contribution in [-0.4, -0.2) is 71.1 Å². The minimum Gasteiger partial charge on any atom is -0.383 e. The van der Waals surface area contributed by atoms with E-state index in [1.165, 1.54) is 40.8 Å². The van der Waals surface area contributed by atoms with Gasteiger partial charge in [-0.25, -0.2) is 16.2 Å². The summed E-state index contributed by atoms with van der Waals surface area (Å²) in [4.78, 5) is 45.0. The molecule has 14 nitrogen and oxygen atoms in total. The van der Waals surface area contributed by atoms with Gasteiger partial charge in [0, 0.05) is 39.0 Å². The summed E-state index contributed by atoms with van der Waals surface area (Å²) in [6.45, 7) is 7.77. The number of carbonyl (C=O) groups excluding carboxylic acids is 1. The number of hydrogen-bond acceptors (Lipinski definition) is 11. The van der Waals surface area contributed by atoms with Crippen LogP contribution in [0.5, 0.6) is 0 Å². The van der Waals surface area contributed by atoms with Gasteiger partial charge in [-0.2, -0.15) is 9.97 Å². The summed E-state index contributed by atoms with van der Waals surface area (Å²) in [5, 5.41) is 0. The number of anilines is 2. The minimum absolute atomic E-state index is 0.162. The fourth-order valence-corrected chi connectivity index (χ4v) is 4.02. The summed E-state index contributed by atoms with van der Waals surface area (Å²) in [5.41, 5.74) is 9.88. The summed E-state index contributed by atoms with van der Waals surface area (Å²) in [7, 11) is 3.09. The monoisotopic (exact) mass is 503 g/mol. The molecule has 2 fully saturated rings. The maximum atomic E-state index is 11.7. The molecule has 0 aromatic carbocycles. The highest BCUT2D eigenvalue weighted by Crippen LogP contribution is 2.32. The van der Waals surface area contributed by atoms with E-state index in [0.29, 0.717) is 26.1 Å². The zero-order chi connectivity index (χ0) is 26.2. The van der Waals surface area contributed by atoms with E-state index in [4.69, 9.17) is 37.0 Å². The number of carbonyl (C=O) groups is 1. The molecule has 2 aromatic heterocycles. The highest BCUT2D eigenvalue weighted by molar-refractivity contribution is 5.55. The summed E-state index contributed by atoms with van der Waals surface area (Å²) >= 11 is 0. The first kappa shape index (κ1) is 27.0. The standard InChI is InChI=1S/C11H14N4O3.C11H15N3O4/c1-13-7-5-10(18-8(7)6-17-2)15-4-3-9(12)14-11(15)16;1-17-6-8-7(5-15)4-10(18-8)14-3-2-9(12)13-11(14)16/h3-4,7-8,10H,5-6H2,2H3,(H2,12,14,16);2-3,5,7-8,10H,4,6H2,1H3,(H2,12,13,16)/t7?,8-,10-;7-,8-,10-/m11/s1. The summed E-state index contributed by atoms with van der Waals surface area (Å²) in [6.07, 6.45) is 3.14. The molecule has 0 radical (unpaired) electrons. The number of methoxy groups -OCH3 is 2. The highest BCUT2D eigenvalue weighted by atomic mass is 16.6. The van der Waals surface area contributed by atoms with Gasteiger partial charge in [0.25, 0.3) is 6.04 Å². The zero-order valence-corrected chi connectivity index (χ0v) is 19.9. The van der Waals surface area contributed by atoms with Crippen LogP contribution in [0.1, 0.15) is 25.3 Å². The van der Waals surface area contributed by atoms with Gasteiger partial charge in [0.15, 0.2) is 6.10 Å². The van der Waals surface area contributed by atoms with Crippen molar-refractivity contribution < 1.29 is 23.7 Å². The number of rotatable bonds is 7. The molecule has 4 N–H and O–H groups in total. The lowest BCUT2D eigenvalue weighted by molar-refractivity contribution is -0.114. The Labute approximate surface area is 206 Å². The molecular weight excluding hydrogens is 474 g/mol. The molecule has 2 saturated heterocycles. The van der Waals surface area contributed by atoms with Crippen molar-refractivity contribution in [3.63, 3.8) is 0 Å². The Morgan fingerprint density at radius 1 is 1.00 bits per heavy atom. The Kier molecular flexibility index (Phi) is 9.25. The van der Waals surface area contributed by atoms with Gasteiger partial charge >= 0.3 is 11.4 Å². The average Bonchev–Trinajstić information content (AvgIpc) is 3.44. The normalized spacial score (nSPS) is 27.1. The van der Waals surface area contributed by atoms with E-state index in [1.807, 2.05) is 0 Å². The zero-order valence-electron chi connectivity index (χ0n) is 19.9. The van der Waals surface area contributed by atoms with Crippen molar-refractivity contribution >= 4 is 17.9 Å². The Morgan fingerprint density at radius 3 is 1.97 bits per heavy atom. The Hall–Kier alpha value is -3.64. The molecule has 6 atom stereocenters. The van der Waals surface area contributed by atoms with Crippen LogP contribution in [0.3, 0.4) is 0 Å². The van der Waals surface area contributed by atoms with Crippen LogP contribution >= 0.6 is 0 Å². The van der Waals surface area contributed by atoms with E-state index >= 15 is 0 Å². The van der Waals surface area contributed by atoms with Gasteiger partial charge in [0.2, 0.25) is 0 Å². The average molecular weight is 504 g/mol. The van der Waals surface area contributed by atoms with Gasteiger partial charge in [0.05, 0.1) is 25.7 Å². The number of aldehydes is 1. The number of hydrogen-bond donors (Lipinski definition) is 2. The van der Waals surface area contributed by atoms with Gasteiger partial charge in [0.1, 0.15) is 30.4 Å². The third kappa shape index (κ3) is 6.32. The minimum atomic E-state index is -0.499. The van der Waals surface area contributed by atoms with E-state index in [1.54, 1.807) is 7.11 Å². The molecule has 2 aromatic rings. The number of ether oxygens (including phenoxy) is 4. The van der Waals surface area contributed by atoms with E-state index in [2.05, 4.69) is 14.8 Å². The Bertz CT molecular complexity index is 1190. The molecule has 0 amide bonds. The molecule has 0 aliphatic carbocycles. The number of nitrogens with two attached hydrogens (primary N) is 2. The first-order chi connectivity index (χ1) is 17.3. The van der Waals surface area contributed by atoms with Crippen molar-refractivity contribution in [2.75, 3.05) is 38.9 Å². The van der Waals surface area contributed by atoms with Gasteiger partial charge in [-0.3, -0.25) is 9.13 Å². The molecule has 2 aliphatic rings. The molecular formula is C22H29N7O7. The molecule has 1 unspecified atom stereocenters. The first-order valence-corrected chi connectivity index (χ1v) is 11.1. The van der Waals surface area contributed by atoms with Crippen LogP contribution in [0.15, 0.2) is 34.1 Å². The second kappa shape index (κ2) is 12.4. The number of nitrogens with zero attached hydrogens (tertiary/aromatic N) is 5. The lowest BCUT2D eigenvalue weighted by Gasteiger charge is -2.15. The van der Waals surface area contributed by atoms with Crippen LogP contribution in [0, 0.1) is 12.5 Å². The Balaban J connectivity index is 0.000000201. The fourth-order valence-electron chi connectivity index (χ4n) is 4.02. The Morgan fingerprint density at radius 2 is 1.50 bits per heavy atom. The van der Waals surface area contributed by atoms with Crippen LogP contribution in [0.2, 0.25) is 0 Å². The summed E-state index contributed by atoms with van der Waals surface area (Å²) in [5.74, 6) is 0.0541. The summed E-state index contributed by atoms with van der Waals surface area (Å²) in [6, 6.07) is 2.74. The molecule has 0 spiro atoms. The van der Waals surface area contributed by atoms with Crippen LogP contribution < -0.4 is 22.8 Å². The maximum Gasteiger partial charge on any atom is 0.351 e. The van der Waals surface area contributed by atoms with Crippen molar-refractivity contribution in [2.24, 2.45) is 5.92 Å². The molecule has 194 valence electrons. The third-order valence-corrected chi connectivity index (χ3v) is 5.81. The van der Waals surface area contributed by atoms with Crippen LogP contribution in [0.25, 0.3) is 4.85 Å². The van der Waals surface area contributed by atoms with Gasteiger partial charge < -0.3 is 40.1 Å². The van der Waals surface area contributed by atoms with Gasteiger partial charge in [-0.05, 0) is 12.1 Å². The molecule has 4 heterocycles. The quantitative estimate of drug-likeness (QED) is 0.371. The number of nitrogen functional groups attached to an aromatic ring is 2. The van der Waals surface area contributed by atoms with Crippen molar-refractivity contribution in [3.05, 3.63) is 56.9 Å². The molecule has 14 heteroatoms. The lowest BCUT2D eigenvalue weighted by atomic mass is 10.0. The molecule has 0 saturated carbocycles. The second-order valence-corrected chi connectivity index (χ2v) is 8.22. The third-order valence-electron chi connectivity index (χ3n) is 5.81. The van der Waals surface area contributed by atoms with Gasteiger partial charge in [-0.1, -0.05) is 0 Å². The van der Waals surface area contributed by atoms with Gasteiger partial charge in [-0.15, -0.1) is 0 Å². The SMILES string of the molecule is COC[C@H]1O[C@@H](n2ccc(N)nc2=O)C[C@@H]1C=O.[C-]#[N+]C1C[C@H](n2ccc(N)nc2=O)O[C@@H]1COC. The van der Waals surface area contributed by atoms with E-state index in [9.17, 15) is 14.4 Å². The smallest absolute Gasteiger partial charge is 0.351 e. The predicted octanol–water partition coefficient (Wildman–Crippen LogP) is -0.378. The second-order valence-electron chi connectivity index (χ2n) is 8.22. The molecule has 0 bridgehead atoms. The van der Waals surface area contributed by atoms with E-state index in [-0.39, 0.29) is 35.8 Å². The first-order valence-electron chi connectivity index (χ1n) is 11.1. The topological polar surface area (TPSA) is 180 Å². The number of aromatic nitrogens is 4. The van der Waals surface area contributed by atoms with Crippen molar-refractivity contribution in [2.45, 2.75) is 43.5 Å².